The molecule has 0 amide bonds. The topological polar surface area (TPSA) is 51.5 Å². The Morgan fingerprint density at radius 2 is 2.40 bits per heavy atom. The molecule has 0 bridgehead atoms. The molecular weight excluding hydrogens is 212 g/mol. The molecule has 0 N–H and O–H groups in total. The number of hydrogen-bond donors (Lipinski definition) is 0. The van der Waals surface area contributed by atoms with Crippen molar-refractivity contribution in [3.8, 4) is 0 Å². The van der Waals surface area contributed by atoms with Crippen molar-refractivity contribution in [2.24, 2.45) is 4.99 Å². The summed E-state index contributed by atoms with van der Waals surface area (Å²) in [5, 5.41) is 0.931. The Labute approximate surface area is 91.1 Å². The summed E-state index contributed by atoms with van der Waals surface area (Å²) in [5.41, 5.74) is 0.622. The van der Waals surface area contributed by atoms with Crippen LogP contribution in [0.4, 0.5) is 0 Å². The van der Waals surface area contributed by atoms with E-state index in [-0.39, 0.29) is 5.97 Å². The Hall–Kier alpha value is -1.36. The maximum atomic E-state index is 11.3. The standard InChI is InChI=1S/C10H10N2O2S/c1-14-10(13)7-5-6-8(15-2)3-4-11-9(6)12-7/h3-5,7H,1-2H3/t7-/m0/s1. The van der Waals surface area contributed by atoms with Gasteiger partial charge in [0.2, 0.25) is 0 Å². The molecule has 5 heteroatoms. The number of fused-ring (bicyclic) bond motifs is 1. The fraction of sp³-hybridized carbons (Fsp3) is 0.300. The van der Waals surface area contributed by atoms with Crippen LogP contribution in [0.5, 0.6) is 0 Å². The molecule has 0 aliphatic carbocycles. The summed E-state index contributed by atoms with van der Waals surface area (Å²) in [7, 11) is 1.36. The summed E-state index contributed by atoms with van der Waals surface area (Å²) in [6, 6.07) is 1.38. The number of rotatable bonds is 2. The van der Waals surface area contributed by atoms with E-state index in [0.717, 1.165) is 10.1 Å². The lowest BCUT2D eigenvalue weighted by Crippen LogP contribution is -2.26. The van der Waals surface area contributed by atoms with Gasteiger partial charge < -0.3 is 4.74 Å². The summed E-state index contributed by atoms with van der Waals surface area (Å²) in [6.07, 6.45) is 5.47. The summed E-state index contributed by atoms with van der Waals surface area (Å²) >= 11 is 1.61. The minimum Gasteiger partial charge on any atom is -0.467 e. The second-order valence-corrected chi connectivity index (χ2v) is 3.86. The van der Waals surface area contributed by atoms with Gasteiger partial charge in [0.05, 0.1) is 7.11 Å². The second kappa shape index (κ2) is 4.02. The number of hydrogen-bond acceptors (Lipinski definition) is 5. The van der Waals surface area contributed by atoms with E-state index in [2.05, 4.69) is 14.7 Å². The maximum absolute atomic E-state index is 11.3. The van der Waals surface area contributed by atoms with Crippen LogP contribution in [-0.2, 0) is 9.53 Å². The smallest absolute Gasteiger partial charge is 0.334 e. The van der Waals surface area contributed by atoms with Gasteiger partial charge in [-0.1, -0.05) is 0 Å². The van der Waals surface area contributed by atoms with E-state index in [4.69, 9.17) is 0 Å². The molecule has 78 valence electrons. The highest BCUT2D eigenvalue weighted by Gasteiger charge is 2.19. The number of nitrogens with zero attached hydrogens (tertiary/aromatic N) is 2. The summed E-state index contributed by atoms with van der Waals surface area (Å²) < 4.78 is 4.64. The van der Waals surface area contributed by atoms with Crippen molar-refractivity contribution >= 4 is 23.8 Å². The number of pyridine rings is 1. The quantitative estimate of drug-likeness (QED) is 0.512. The van der Waals surface area contributed by atoms with Crippen molar-refractivity contribution in [1.82, 2.24) is 4.98 Å². The minimum atomic E-state index is -0.536. The lowest BCUT2D eigenvalue weighted by molar-refractivity contribution is -0.140. The van der Waals surface area contributed by atoms with Crippen LogP contribution in [-0.4, -0.2) is 30.4 Å². The molecule has 0 aromatic carbocycles. The molecular formula is C10H10N2O2S. The van der Waals surface area contributed by atoms with E-state index in [1.165, 1.54) is 7.11 Å². The van der Waals surface area contributed by atoms with Crippen molar-refractivity contribution in [3.63, 3.8) is 0 Å². The van der Waals surface area contributed by atoms with Gasteiger partial charge in [0.25, 0.3) is 0 Å². The molecule has 1 atom stereocenters. The van der Waals surface area contributed by atoms with Crippen molar-refractivity contribution in [3.05, 3.63) is 23.0 Å². The summed E-state index contributed by atoms with van der Waals surface area (Å²) in [5.74, 6) is -0.347. The average Bonchev–Trinajstić information content (AvgIpc) is 2.71. The van der Waals surface area contributed by atoms with Crippen LogP contribution in [0.2, 0.25) is 0 Å². The van der Waals surface area contributed by atoms with Gasteiger partial charge in [-0.15, -0.1) is 11.8 Å². The predicted molar refractivity (Wildman–Crippen MR) is 57.1 cm³/mol. The largest absolute Gasteiger partial charge is 0.467 e. The zero-order valence-electron chi connectivity index (χ0n) is 8.43. The zero-order chi connectivity index (χ0) is 10.8. The van der Waals surface area contributed by atoms with Gasteiger partial charge in [-0.2, -0.15) is 0 Å². The van der Waals surface area contributed by atoms with Crippen LogP contribution in [0.25, 0.3) is 6.08 Å². The van der Waals surface area contributed by atoms with Gasteiger partial charge in [0.15, 0.2) is 11.5 Å². The minimum absolute atomic E-state index is 0.347. The number of thioether (sulfide) groups is 1. The van der Waals surface area contributed by atoms with E-state index < -0.39 is 6.04 Å². The Morgan fingerprint density at radius 1 is 1.60 bits per heavy atom. The molecule has 0 saturated heterocycles. The van der Waals surface area contributed by atoms with E-state index in [1.807, 2.05) is 12.3 Å². The number of aromatic nitrogens is 1. The molecule has 0 radical (unpaired) electrons. The van der Waals surface area contributed by atoms with Gasteiger partial charge in [0.1, 0.15) is 0 Å². The Kier molecular flexibility index (Phi) is 2.73. The number of ether oxygens (including phenoxy) is 1. The number of esters is 1. The molecule has 2 heterocycles. The number of carbonyl (C=O) groups is 1. The normalized spacial score (nSPS) is 17.6. The third kappa shape index (κ3) is 1.74. The van der Waals surface area contributed by atoms with Crippen molar-refractivity contribution in [2.45, 2.75) is 10.9 Å². The first-order chi connectivity index (χ1) is 7.26. The maximum Gasteiger partial charge on any atom is 0.334 e. The first-order valence-electron chi connectivity index (χ1n) is 4.43. The third-order valence-electron chi connectivity index (χ3n) is 2.18. The van der Waals surface area contributed by atoms with Crippen LogP contribution >= 0.6 is 11.8 Å². The Balaban J connectivity index is 2.52. The zero-order valence-corrected chi connectivity index (χ0v) is 9.25. The highest BCUT2D eigenvalue weighted by molar-refractivity contribution is 7.98. The Bertz CT molecular complexity index is 513. The van der Waals surface area contributed by atoms with Gasteiger partial charge >= 0.3 is 5.97 Å². The van der Waals surface area contributed by atoms with Gasteiger partial charge in [-0.05, 0) is 18.4 Å². The van der Waals surface area contributed by atoms with Crippen molar-refractivity contribution in [1.29, 1.82) is 0 Å². The molecule has 0 unspecified atom stereocenters. The van der Waals surface area contributed by atoms with Crippen LogP contribution in [0.15, 0.2) is 22.2 Å². The van der Waals surface area contributed by atoms with Crippen LogP contribution in [0.3, 0.4) is 0 Å². The molecule has 1 aliphatic heterocycles. The van der Waals surface area contributed by atoms with Gasteiger partial charge in [-0.3, -0.25) is 0 Å². The molecule has 4 nitrogen and oxygen atoms in total. The van der Waals surface area contributed by atoms with Crippen molar-refractivity contribution < 1.29 is 9.53 Å². The van der Waals surface area contributed by atoms with Gasteiger partial charge in [0, 0.05) is 16.3 Å². The molecule has 15 heavy (non-hydrogen) atoms. The summed E-state index contributed by atoms with van der Waals surface area (Å²) in [4.78, 5) is 20.7. The highest BCUT2D eigenvalue weighted by atomic mass is 32.2. The first kappa shape index (κ1) is 10.2. The fourth-order valence-electron chi connectivity index (χ4n) is 1.45. The number of carbonyl (C=O) groups excluding carboxylic acids is 1. The SMILES string of the molecule is COC(=O)[C@@H]1C=c2c(SC)ccnc2=N1. The first-order valence-corrected chi connectivity index (χ1v) is 5.65. The Morgan fingerprint density at radius 3 is 3.07 bits per heavy atom. The monoisotopic (exact) mass is 222 g/mol. The lowest BCUT2D eigenvalue weighted by atomic mass is 10.3. The van der Waals surface area contributed by atoms with E-state index in [0.29, 0.717) is 5.49 Å². The van der Waals surface area contributed by atoms with E-state index in [1.54, 1.807) is 24.0 Å². The van der Waals surface area contributed by atoms with Gasteiger partial charge in [-0.25, -0.2) is 14.8 Å². The molecule has 1 aliphatic rings. The van der Waals surface area contributed by atoms with E-state index in [9.17, 15) is 4.79 Å². The lowest BCUT2D eigenvalue weighted by Gasteiger charge is -1.99. The van der Waals surface area contributed by atoms with Crippen LogP contribution in [0, 0.1) is 0 Å². The molecule has 1 aromatic rings. The fourth-order valence-corrected chi connectivity index (χ4v) is 2.03. The average molecular weight is 222 g/mol. The molecule has 0 fully saturated rings. The highest BCUT2D eigenvalue weighted by Crippen LogP contribution is 2.08. The molecule has 0 spiro atoms. The number of methoxy groups -OCH3 is 1. The molecule has 1 aromatic heterocycles. The second-order valence-electron chi connectivity index (χ2n) is 3.01. The van der Waals surface area contributed by atoms with Crippen LogP contribution in [0.1, 0.15) is 0 Å². The van der Waals surface area contributed by atoms with Crippen molar-refractivity contribution in [2.75, 3.05) is 13.4 Å². The summed E-state index contributed by atoms with van der Waals surface area (Å²) in [6.45, 7) is 0. The van der Waals surface area contributed by atoms with Crippen LogP contribution < -0.4 is 10.7 Å². The molecule has 0 saturated carbocycles. The predicted octanol–water partition coefficient (Wildman–Crippen LogP) is -0.241. The molecule has 2 rings (SSSR count). The van der Waals surface area contributed by atoms with E-state index >= 15 is 0 Å². The third-order valence-corrected chi connectivity index (χ3v) is 2.97.